The van der Waals surface area contributed by atoms with Crippen LogP contribution in [0.4, 0.5) is 0 Å². The first-order valence-electron chi connectivity index (χ1n) is 15.5. The number of carbonyl (C=O) groups is 1. The Kier molecular flexibility index (Phi) is 7.92. The van der Waals surface area contributed by atoms with Crippen molar-refractivity contribution in [2.75, 3.05) is 20.3 Å². The van der Waals surface area contributed by atoms with Crippen LogP contribution in [0.3, 0.4) is 0 Å². The summed E-state index contributed by atoms with van der Waals surface area (Å²) in [6.45, 7) is 4.21. The molecule has 8 rings (SSSR count). The Hall–Kier alpha value is -5.51. The molecular formula is C43H34O3. The summed E-state index contributed by atoms with van der Waals surface area (Å²) in [7, 11) is 1.69. The molecule has 0 aliphatic heterocycles. The summed E-state index contributed by atoms with van der Waals surface area (Å²) < 4.78 is 11.1. The summed E-state index contributed by atoms with van der Waals surface area (Å²) in [6, 6.07) is 51.5. The van der Waals surface area contributed by atoms with E-state index in [1.165, 1.54) is 66.4 Å². The molecule has 0 bridgehead atoms. The first kappa shape index (κ1) is 29.2. The fraction of sp³-hybridized carbons (Fsp3) is 0.0930. The predicted octanol–water partition coefficient (Wildman–Crippen LogP) is 9.91. The highest BCUT2D eigenvalue weighted by Gasteiger charge is 2.46. The maximum absolute atomic E-state index is 9.06. The van der Waals surface area contributed by atoms with E-state index in [4.69, 9.17) is 14.3 Å². The lowest BCUT2D eigenvalue weighted by atomic mass is 9.67. The molecular weight excluding hydrogens is 564 g/mol. The van der Waals surface area contributed by atoms with Crippen molar-refractivity contribution in [2.24, 2.45) is 0 Å². The molecule has 7 aromatic rings. The first-order valence-corrected chi connectivity index (χ1v) is 15.5. The molecule has 0 aromatic heterocycles. The van der Waals surface area contributed by atoms with E-state index < -0.39 is 5.41 Å². The number of benzene rings is 7. The van der Waals surface area contributed by atoms with Crippen LogP contribution in [-0.4, -0.2) is 26.6 Å². The number of hydrogen-bond donors (Lipinski definition) is 0. The fourth-order valence-electron chi connectivity index (χ4n) is 6.96. The lowest BCUT2D eigenvalue weighted by Gasteiger charge is -2.34. The summed E-state index contributed by atoms with van der Waals surface area (Å²) >= 11 is 0. The van der Waals surface area contributed by atoms with E-state index in [1.54, 1.807) is 7.11 Å². The van der Waals surface area contributed by atoms with Crippen LogP contribution in [0.2, 0.25) is 0 Å². The zero-order chi connectivity index (χ0) is 31.5. The van der Waals surface area contributed by atoms with Crippen molar-refractivity contribution >= 4 is 38.6 Å². The van der Waals surface area contributed by atoms with Gasteiger partial charge in [-0.25, -0.2) is 0 Å². The summed E-state index contributed by atoms with van der Waals surface area (Å²) in [4.78, 5) is 9.06. The Balaban J connectivity index is 0.000000801. The summed E-state index contributed by atoms with van der Waals surface area (Å²) in [5.41, 5.74) is 7.33. The summed E-state index contributed by atoms with van der Waals surface area (Å²) in [5.74, 6) is 0.861. The monoisotopic (exact) mass is 598 g/mol. The van der Waals surface area contributed by atoms with E-state index in [9.17, 15) is 0 Å². The van der Waals surface area contributed by atoms with Crippen LogP contribution in [0.15, 0.2) is 152 Å². The van der Waals surface area contributed by atoms with Crippen LogP contribution >= 0.6 is 0 Å². The SMILES string of the molecule is C=CC=O.COCCOc1ccc2cc(C3(c4ccc5ccccc5c4)c4ccccc4-c4cc5ccccc5cc43)ccc2c1. The Bertz CT molecular complexity index is 2220. The number of ether oxygens (including phenoxy) is 2. The number of methoxy groups -OCH3 is 1. The van der Waals surface area contributed by atoms with E-state index in [0.29, 0.717) is 19.5 Å². The zero-order valence-corrected chi connectivity index (χ0v) is 25.8. The number of allylic oxidation sites excluding steroid dienone is 1. The fourth-order valence-corrected chi connectivity index (χ4v) is 6.96. The van der Waals surface area contributed by atoms with Crippen molar-refractivity contribution in [1.29, 1.82) is 0 Å². The average Bonchev–Trinajstić information content (AvgIpc) is 3.40. The van der Waals surface area contributed by atoms with E-state index in [-0.39, 0.29) is 0 Å². The molecule has 3 nitrogen and oxygen atoms in total. The predicted molar refractivity (Wildman–Crippen MR) is 190 cm³/mol. The molecule has 3 heteroatoms. The molecule has 0 heterocycles. The molecule has 0 saturated carbocycles. The van der Waals surface area contributed by atoms with Crippen LogP contribution in [0.25, 0.3) is 43.4 Å². The summed E-state index contributed by atoms with van der Waals surface area (Å²) in [6.07, 6.45) is 1.83. The molecule has 46 heavy (non-hydrogen) atoms. The van der Waals surface area contributed by atoms with Gasteiger partial charge in [-0.2, -0.15) is 0 Å². The quantitative estimate of drug-likeness (QED) is 0.104. The van der Waals surface area contributed by atoms with Gasteiger partial charge in [0.25, 0.3) is 0 Å². The van der Waals surface area contributed by atoms with Crippen LogP contribution < -0.4 is 4.74 Å². The first-order chi connectivity index (χ1) is 22.7. The second kappa shape index (κ2) is 12.5. The van der Waals surface area contributed by atoms with Crippen LogP contribution in [0.1, 0.15) is 22.3 Å². The van der Waals surface area contributed by atoms with Crippen LogP contribution in [-0.2, 0) is 14.9 Å². The Morgan fingerprint density at radius 2 is 1.11 bits per heavy atom. The van der Waals surface area contributed by atoms with E-state index in [2.05, 4.69) is 146 Å². The van der Waals surface area contributed by atoms with Crippen LogP contribution in [0.5, 0.6) is 5.75 Å². The number of fused-ring (bicyclic) bond motifs is 6. The van der Waals surface area contributed by atoms with Gasteiger partial charge in [-0.05, 0) is 108 Å². The molecule has 0 radical (unpaired) electrons. The summed E-state index contributed by atoms with van der Waals surface area (Å²) in [5, 5.41) is 7.37. The van der Waals surface area contributed by atoms with Crippen molar-refractivity contribution in [2.45, 2.75) is 5.41 Å². The highest BCUT2D eigenvalue weighted by Crippen LogP contribution is 2.57. The molecule has 1 aliphatic rings. The van der Waals surface area contributed by atoms with Gasteiger partial charge in [-0.15, -0.1) is 0 Å². The Morgan fingerprint density at radius 3 is 1.80 bits per heavy atom. The van der Waals surface area contributed by atoms with Gasteiger partial charge in [-0.1, -0.05) is 110 Å². The maximum Gasteiger partial charge on any atom is 0.142 e. The molecule has 0 spiro atoms. The highest BCUT2D eigenvalue weighted by molar-refractivity contribution is 5.97. The molecule has 0 saturated heterocycles. The van der Waals surface area contributed by atoms with Gasteiger partial charge in [-0.3, -0.25) is 4.79 Å². The second-order valence-corrected chi connectivity index (χ2v) is 11.5. The third-order valence-corrected chi connectivity index (χ3v) is 8.99. The number of rotatable bonds is 7. The largest absolute Gasteiger partial charge is 0.491 e. The molecule has 0 amide bonds. The van der Waals surface area contributed by atoms with Crippen molar-refractivity contribution in [3.05, 3.63) is 174 Å². The molecule has 0 fully saturated rings. The maximum atomic E-state index is 9.06. The molecule has 1 atom stereocenters. The minimum Gasteiger partial charge on any atom is -0.491 e. The molecule has 1 unspecified atom stereocenters. The smallest absolute Gasteiger partial charge is 0.142 e. The van der Waals surface area contributed by atoms with Crippen molar-refractivity contribution in [3.63, 3.8) is 0 Å². The number of hydrogen-bond acceptors (Lipinski definition) is 3. The third-order valence-electron chi connectivity index (χ3n) is 8.99. The minimum absolute atomic E-state index is 0.470. The number of aldehydes is 1. The van der Waals surface area contributed by atoms with Crippen molar-refractivity contribution in [3.8, 4) is 16.9 Å². The Labute approximate surface area is 269 Å². The molecule has 1 aliphatic carbocycles. The van der Waals surface area contributed by atoms with Gasteiger partial charge >= 0.3 is 0 Å². The third kappa shape index (κ3) is 4.95. The van der Waals surface area contributed by atoms with Gasteiger partial charge in [0, 0.05) is 7.11 Å². The standard InChI is InChI=1S/C40H30O2.C3H4O/c1-41-20-21-42-35-19-16-31-23-34(18-15-32(31)24-35)40(33-17-14-27-8-2-3-9-28(27)22-33)38-13-7-6-12-36(38)37-25-29-10-4-5-11-30(29)26-39(37)40;1-2-3-4/h2-19,22-26H,20-21H2,1H3;2-3H,1H2. The van der Waals surface area contributed by atoms with Crippen LogP contribution in [0, 0.1) is 0 Å². The topological polar surface area (TPSA) is 35.5 Å². The number of carbonyl (C=O) groups excluding carboxylic acids is 1. The normalized spacial score (nSPS) is 14.7. The molecule has 0 N–H and O–H groups in total. The van der Waals surface area contributed by atoms with E-state index in [0.717, 1.165) is 11.1 Å². The lowest BCUT2D eigenvalue weighted by molar-refractivity contribution is -0.104. The lowest BCUT2D eigenvalue weighted by Crippen LogP contribution is -2.28. The highest BCUT2D eigenvalue weighted by atomic mass is 16.5. The van der Waals surface area contributed by atoms with Crippen molar-refractivity contribution < 1.29 is 14.3 Å². The molecule has 7 aromatic carbocycles. The van der Waals surface area contributed by atoms with E-state index >= 15 is 0 Å². The zero-order valence-electron chi connectivity index (χ0n) is 25.8. The average molecular weight is 599 g/mol. The van der Waals surface area contributed by atoms with Crippen molar-refractivity contribution in [1.82, 2.24) is 0 Å². The van der Waals surface area contributed by atoms with Gasteiger partial charge in [0.15, 0.2) is 0 Å². The minimum atomic E-state index is -0.470. The van der Waals surface area contributed by atoms with Gasteiger partial charge in [0.2, 0.25) is 0 Å². The van der Waals surface area contributed by atoms with Gasteiger partial charge in [0.05, 0.1) is 12.0 Å². The van der Waals surface area contributed by atoms with Gasteiger partial charge < -0.3 is 9.47 Å². The second-order valence-electron chi connectivity index (χ2n) is 11.5. The van der Waals surface area contributed by atoms with E-state index in [1.807, 2.05) is 0 Å². The Morgan fingerprint density at radius 1 is 0.565 bits per heavy atom. The molecule has 224 valence electrons. The van der Waals surface area contributed by atoms with Gasteiger partial charge in [0.1, 0.15) is 18.6 Å².